The Hall–Kier alpha value is -0.780. The molecule has 0 bridgehead atoms. The fourth-order valence-electron chi connectivity index (χ4n) is 1.79. The highest BCUT2D eigenvalue weighted by Gasteiger charge is 1.98. The van der Waals surface area contributed by atoms with E-state index in [9.17, 15) is 0 Å². The lowest BCUT2D eigenvalue weighted by atomic mass is 10.1. The van der Waals surface area contributed by atoms with E-state index in [2.05, 4.69) is 60.2 Å². The lowest BCUT2D eigenvalue weighted by molar-refractivity contribution is 0.402. The Morgan fingerprint density at radius 1 is 1.15 bits per heavy atom. The van der Waals surface area contributed by atoms with Gasteiger partial charge in [-0.25, -0.2) is 0 Å². The van der Waals surface area contributed by atoms with Crippen LogP contribution in [0, 0.1) is 0 Å². The lowest BCUT2D eigenvalue weighted by Gasteiger charge is -2.12. The molecule has 0 aliphatic heterocycles. The Morgan fingerprint density at radius 3 is 2.40 bits per heavy atom. The van der Waals surface area contributed by atoms with Gasteiger partial charge in [-0.05, 0) is 55.9 Å². The van der Waals surface area contributed by atoms with Gasteiger partial charge >= 0.3 is 0 Å². The Kier molecular flexibility index (Phi) is 8.65. The molecule has 0 amide bonds. The Bertz CT molecular complexity index is 391. The van der Waals surface area contributed by atoms with Crippen molar-refractivity contribution in [1.82, 2.24) is 15.5 Å². The van der Waals surface area contributed by atoms with Crippen molar-refractivity contribution in [3.63, 3.8) is 0 Å². The normalized spacial score (nSPS) is 10.6. The molecule has 0 unspecified atom stereocenters. The minimum atomic E-state index is 0.739. The van der Waals surface area contributed by atoms with Gasteiger partial charge in [-0.1, -0.05) is 24.3 Å². The van der Waals surface area contributed by atoms with Gasteiger partial charge in [0.1, 0.15) is 0 Å². The van der Waals surface area contributed by atoms with E-state index < -0.39 is 0 Å². The van der Waals surface area contributed by atoms with Crippen LogP contribution in [0.5, 0.6) is 0 Å². The number of benzene rings is 1. The van der Waals surface area contributed by atoms with E-state index in [-0.39, 0.29) is 0 Å². The van der Waals surface area contributed by atoms with E-state index in [0.717, 1.165) is 31.2 Å². The van der Waals surface area contributed by atoms with E-state index in [1.807, 2.05) is 11.8 Å². The average Bonchev–Trinajstić information content (AvgIpc) is 2.42. The molecule has 0 spiro atoms. The fraction of sp³-hybridized carbons (Fsp3) is 0.533. The summed E-state index contributed by atoms with van der Waals surface area (Å²) >= 11 is 7.11. The predicted molar refractivity (Wildman–Crippen MR) is 94.3 cm³/mol. The van der Waals surface area contributed by atoms with Crippen LogP contribution in [-0.2, 0) is 13.1 Å². The van der Waals surface area contributed by atoms with Gasteiger partial charge in [0.2, 0.25) is 0 Å². The molecule has 0 aliphatic rings. The quantitative estimate of drug-likeness (QED) is 0.568. The molecular formula is C15H25N3S2. The molecule has 20 heavy (non-hydrogen) atoms. The second-order valence-electron chi connectivity index (χ2n) is 5.01. The summed E-state index contributed by atoms with van der Waals surface area (Å²) in [6.45, 7) is 2.69. The molecule has 0 atom stereocenters. The molecule has 2 N–H and O–H groups in total. The van der Waals surface area contributed by atoms with Crippen molar-refractivity contribution >= 4 is 29.1 Å². The molecule has 0 saturated carbocycles. The summed E-state index contributed by atoms with van der Waals surface area (Å²) in [6, 6.07) is 8.66. The Labute approximate surface area is 132 Å². The highest BCUT2D eigenvalue weighted by atomic mass is 32.2. The monoisotopic (exact) mass is 311 g/mol. The third-order valence-corrected chi connectivity index (χ3v) is 3.77. The zero-order valence-electron chi connectivity index (χ0n) is 12.6. The summed E-state index contributed by atoms with van der Waals surface area (Å²) in [5.41, 5.74) is 2.58. The van der Waals surface area contributed by atoms with Gasteiger partial charge < -0.3 is 15.5 Å². The summed E-state index contributed by atoms with van der Waals surface area (Å²) in [6.07, 6.45) is 3.26. The number of nitrogens with one attached hydrogen (secondary N) is 2. The van der Waals surface area contributed by atoms with Crippen LogP contribution in [0.3, 0.4) is 0 Å². The van der Waals surface area contributed by atoms with E-state index >= 15 is 0 Å². The molecule has 0 saturated heterocycles. The minimum absolute atomic E-state index is 0.739. The van der Waals surface area contributed by atoms with Gasteiger partial charge in [0.15, 0.2) is 5.11 Å². The maximum Gasteiger partial charge on any atom is 0.166 e. The van der Waals surface area contributed by atoms with Crippen molar-refractivity contribution < 1.29 is 0 Å². The van der Waals surface area contributed by atoms with Gasteiger partial charge in [0.05, 0.1) is 0 Å². The number of rotatable bonds is 8. The topological polar surface area (TPSA) is 27.3 Å². The maximum absolute atomic E-state index is 5.25. The first-order chi connectivity index (χ1) is 9.61. The first kappa shape index (κ1) is 17.3. The molecule has 1 aromatic rings. The van der Waals surface area contributed by atoms with Crippen LogP contribution in [0.4, 0.5) is 0 Å². The molecule has 0 fully saturated rings. The van der Waals surface area contributed by atoms with Crippen LogP contribution in [0.2, 0.25) is 0 Å². The van der Waals surface area contributed by atoms with Crippen LogP contribution < -0.4 is 10.6 Å². The fourth-order valence-corrected chi connectivity index (χ4v) is 2.40. The van der Waals surface area contributed by atoms with E-state index in [0.29, 0.717) is 0 Å². The van der Waals surface area contributed by atoms with Gasteiger partial charge in [-0.15, -0.1) is 0 Å². The lowest BCUT2D eigenvalue weighted by Crippen LogP contribution is -2.35. The van der Waals surface area contributed by atoms with E-state index in [1.165, 1.54) is 16.9 Å². The molecular weight excluding hydrogens is 286 g/mol. The summed E-state index contributed by atoms with van der Waals surface area (Å²) in [4.78, 5) is 2.17. The van der Waals surface area contributed by atoms with Gasteiger partial charge in [0, 0.05) is 19.6 Å². The van der Waals surface area contributed by atoms with E-state index in [4.69, 9.17) is 12.2 Å². The van der Waals surface area contributed by atoms with Crippen LogP contribution in [0.25, 0.3) is 0 Å². The van der Waals surface area contributed by atoms with Gasteiger partial charge in [-0.3, -0.25) is 0 Å². The van der Waals surface area contributed by atoms with Crippen LogP contribution >= 0.6 is 24.0 Å². The maximum atomic E-state index is 5.25. The van der Waals surface area contributed by atoms with E-state index in [1.54, 1.807) is 0 Å². The number of hydrogen-bond acceptors (Lipinski definition) is 3. The highest BCUT2D eigenvalue weighted by molar-refractivity contribution is 7.98. The second-order valence-corrected chi connectivity index (χ2v) is 6.40. The summed E-state index contributed by atoms with van der Waals surface area (Å²) in [7, 11) is 4.16. The van der Waals surface area contributed by atoms with Gasteiger partial charge in [-0.2, -0.15) is 11.8 Å². The van der Waals surface area contributed by atoms with Crippen molar-refractivity contribution in [3.05, 3.63) is 35.4 Å². The second kappa shape index (κ2) is 10.0. The number of thiocarbonyl (C=S) groups is 1. The third kappa shape index (κ3) is 7.72. The molecule has 1 rings (SSSR count). The SMILES string of the molecule is CSCCCNC(=S)NCc1ccc(CN(C)C)cc1. The zero-order chi connectivity index (χ0) is 14.8. The first-order valence-corrected chi connectivity index (χ1v) is 8.65. The van der Waals surface area contributed by atoms with Crippen molar-refractivity contribution in [3.8, 4) is 0 Å². The Morgan fingerprint density at radius 2 is 1.80 bits per heavy atom. The molecule has 0 radical (unpaired) electrons. The van der Waals surface area contributed by atoms with Crippen molar-refractivity contribution in [1.29, 1.82) is 0 Å². The molecule has 3 nitrogen and oxygen atoms in total. The standard InChI is InChI=1S/C15H25N3S2/c1-18(2)12-14-7-5-13(6-8-14)11-17-15(19)16-9-4-10-20-3/h5-8H,4,9-12H2,1-3H3,(H2,16,17,19). The minimum Gasteiger partial charge on any atom is -0.363 e. The first-order valence-electron chi connectivity index (χ1n) is 6.85. The zero-order valence-corrected chi connectivity index (χ0v) is 14.2. The molecule has 1 aromatic carbocycles. The number of nitrogens with zero attached hydrogens (tertiary/aromatic N) is 1. The number of thioether (sulfide) groups is 1. The smallest absolute Gasteiger partial charge is 0.166 e. The van der Waals surface area contributed by atoms with Crippen molar-refractivity contribution in [2.45, 2.75) is 19.5 Å². The molecule has 112 valence electrons. The summed E-state index contributed by atoms with van der Waals surface area (Å²) < 4.78 is 0. The van der Waals surface area contributed by atoms with Crippen LogP contribution in [-0.4, -0.2) is 42.7 Å². The third-order valence-electron chi connectivity index (χ3n) is 2.79. The molecule has 0 heterocycles. The van der Waals surface area contributed by atoms with Crippen molar-refractivity contribution in [2.24, 2.45) is 0 Å². The Balaban J connectivity index is 2.25. The van der Waals surface area contributed by atoms with Gasteiger partial charge in [0.25, 0.3) is 0 Å². The molecule has 5 heteroatoms. The predicted octanol–water partition coefficient (Wildman–Crippen LogP) is 2.47. The van der Waals surface area contributed by atoms with Crippen LogP contribution in [0.15, 0.2) is 24.3 Å². The summed E-state index contributed by atoms with van der Waals surface area (Å²) in [5, 5.41) is 7.20. The largest absolute Gasteiger partial charge is 0.363 e. The highest BCUT2D eigenvalue weighted by Crippen LogP contribution is 2.05. The summed E-state index contributed by atoms with van der Waals surface area (Å²) in [5.74, 6) is 1.17. The molecule has 0 aliphatic carbocycles. The number of hydrogen-bond donors (Lipinski definition) is 2. The average molecular weight is 312 g/mol. The molecule has 0 aromatic heterocycles. The van der Waals surface area contributed by atoms with Crippen molar-refractivity contribution in [2.75, 3.05) is 32.6 Å². The van der Waals surface area contributed by atoms with Crippen LogP contribution in [0.1, 0.15) is 17.5 Å².